The maximum atomic E-state index is 2.50. The lowest BCUT2D eigenvalue weighted by Gasteiger charge is -2.26. The molecule has 0 aliphatic heterocycles. The van der Waals surface area contributed by atoms with Crippen LogP contribution in [0.25, 0.3) is 0 Å². The minimum atomic E-state index is 0.999. The van der Waals surface area contributed by atoms with Crippen LogP contribution in [0.2, 0.25) is 0 Å². The van der Waals surface area contributed by atoms with Gasteiger partial charge in [-0.05, 0) is 42.9 Å². The van der Waals surface area contributed by atoms with E-state index in [0.717, 1.165) is 23.7 Å². The Bertz CT molecular complexity index is 196. The van der Waals surface area contributed by atoms with Crippen LogP contribution in [0.1, 0.15) is 78.1 Å². The van der Waals surface area contributed by atoms with Crippen molar-refractivity contribution in [2.75, 3.05) is 0 Å². The summed E-state index contributed by atoms with van der Waals surface area (Å²) in [6.45, 7) is 4.96. The van der Waals surface area contributed by atoms with E-state index in [2.05, 4.69) is 13.8 Å². The summed E-state index contributed by atoms with van der Waals surface area (Å²) < 4.78 is 0. The molecule has 2 aliphatic carbocycles. The molecule has 0 spiro atoms. The Morgan fingerprint density at radius 3 is 2.06 bits per heavy atom. The smallest absolute Gasteiger partial charge is 0.0383 e. The minimum Gasteiger partial charge on any atom is -0.0625 e. The van der Waals surface area contributed by atoms with Crippen molar-refractivity contribution in [3.05, 3.63) is 0 Å². The van der Waals surface area contributed by atoms with E-state index in [1.54, 1.807) is 12.8 Å². The minimum absolute atomic E-state index is 0.999. The molecular formula is C16H30. The first-order chi connectivity index (χ1) is 7.75. The van der Waals surface area contributed by atoms with Gasteiger partial charge >= 0.3 is 0 Å². The van der Waals surface area contributed by atoms with Crippen LogP contribution in [0, 0.1) is 23.7 Å². The molecular weight excluding hydrogens is 192 g/mol. The summed E-state index contributed by atoms with van der Waals surface area (Å²) in [4.78, 5) is 0. The van der Waals surface area contributed by atoms with E-state index in [-0.39, 0.29) is 0 Å². The molecule has 2 fully saturated rings. The molecule has 0 N–H and O–H groups in total. The molecule has 0 aromatic rings. The van der Waals surface area contributed by atoms with Crippen LogP contribution >= 0.6 is 0 Å². The lowest BCUT2D eigenvalue weighted by molar-refractivity contribution is 0.248. The number of hydrogen-bond acceptors (Lipinski definition) is 0. The predicted molar refractivity (Wildman–Crippen MR) is 71.5 cm³/mol. The first kappa shape index (κ1) is 12.5. The molecule has 94 valence electrons. The highest BCUT2D eigenvalue weighted by Crippen LogP contribution is 2.39. The Balaban J connectivity index is 1.98. The molecule has 0 nitrogen and oxygen atoms in total. The third kappa shape index (κ3) is 3.50. The topological polar surface area (TPSA) is 0 Å². The van der Waals surface area contributed by atoms with Crippen LogP contribution in [0.3, 0.4) is 0 Å². The zero-order chi connectivity index (χ0) is 11.4. The van der Waals surface area contributed by atoms with Gasteiger partial charge in [0.1, 0.15) is 0 Å². The molecule has 2 saturated carbocycles. The molecule has 0 aromatic carbocycles. The predicted octanol–water partition coefficient (Wildman–Crippen LogP) is 5.42. The van der Waals surface area contributed by atoms with E-state index in [9.17, 15) is 0 Å². The van der Waals surface area contributed by atoms with Gasteiger partial charge in [-0.3, -0.25) is 0 Å². The lowest BCUT2D eigenvalue weighted by Crippen LogP contribution is -2.15. The Morgan fingerprint density at radius 1 is 0.562 bits per heavy atom. The molecule has 0 heteroatoms. The zero-order valence-corrected chi connectivity index (χ0v) is 11.4. The highest BCUT2D eigenvalue weighted by atomic mass is 14.3. The molecule has 0 heterocycles. The molecule has 0 saturated heterocycles. The molecule has 4 atom stereocenters. The third-order valence-electron chi connectivity index (χ3n) is 5.20. The van der Waals surface area contributed by atoms with E-state index in [1.165, 1.54) is 51.4 Å². The SMILES string of the molecule is CC1CCC2CCCCCC(C)CC2CC1. The molecule has 16 heavy (non-hydrogen) atoms. The van der Waals surface area contributed by atoms with Gasteiger partial charge in [-0.1, -0.05) is 58.8 Å². The number of rotatable bonds is 0. The van der Waals surface area contributed by atoms with Gasteiger partial charge in [-0.2, -0.15) is 0 Å². The van der Waals surface area contributed by atoms with Crippen molar-refractivity contribution in [2.24, 2.45) is 23.7 Å². The van der Waals surface area contributed by atoms with Crippen LogP contribution in [-0.4, -0.2) is 0 Å². The summed E-state index contributed by atoms with van der Waals surface area (Å²) in [5.74, 6) is 4.17. The highest BCUT2D eigenvalue weighted by molar-refractivity contribution is 4.79. The van der Waals surface area contributed by atoms with Gasteiger partial charge < -0.3 is 0 Å². The average Bonchev–Trinajstić information content (AvgIpc) is 2.38. The fraction of sp³-hybridized carbons (Fsp3) is 1.00. The van der Waals surface area contributed by atoms with Gasteiger partial charge in [0.15, 0.2) is 0 Å². The molecule has 0 bridgehead atoms. The largest absolute Gasteiger partial charge is 0.0625 e. The van der Waals surface area contributed by atoms with Crippen LogP contribution < -0.4 is 0 Å². The molecule has 0 amide bonds. The first-order valence-electron chi connectivity index (χ1n) is 7.75. The summed E-state index contributed by atoms with van der Waals surface area (Å²) in [5.41, 5.74) is 0. The van der Waals surface area contributed by atoms with E-state index >= 15 is 0 Å². The third-order valence-corrected chi connectivity index (χ3v) is 5.20. The lowest BCUT2D eigenvalue weighted by atomic mass is 9.79. The highest BCUT2D eigenvalue weighted by Gasteiger charge is 2.27. The number of fused-ring (bicyclic) bond motifs is 1. The standard InChI is InChI=1S/C16H30/c1-13-8-10-15-7-5-3-4-6-14(2)12-16(15)11-9-13/h13-16H,3-12H2,1-2H3. The Kier molecular flexibility index (Phi) is 4.73. The Labute approximate surface area is 102 Å². The second-order valence-electron chi connectivity index (χ2n) is 6.76. The molecule has 2 aliphatic rings. The summed E-state index contributed by atoms with van der Waals surface area (Å²) in [6, 6.07) is 0. The second-order valence-corrected chi connectivity index (χ2v) is 6.76. The van der Waals surface area contributed by atoms with Gasteiger partial charge in [0, 0.05) is 0 Å². The Morgan fingerprint density at radius 2 is 1.25 bits per heavy atom. The van der Waals surface area contributed by atoms with Crippen LogP contribution in [0.15, 0.2) is 0 Å². The van der Waals surface area contributed by atoms with E-state index in [4.69, 9.17) is 0 Å². The van der Waals surface area contributed by atoms with Crippen molar-refractivity contribution < 1.29 is 0 Å². The van der Waals surface area contributed by atoms with Gasteiger partial charge in [-0.15, -0.1) is 0 Å². The van der Waals surface area contributed by atoms with Crippen LogP contribution in [-0.2, 0) is 0 Å². The quantitative estimate of drug-likeness (QED) is 0.513. The van der Waals surface area contributed by atoms with Crippen molar-refractivity contribution in [3.8, 4) is 0 Å². The van der Waals surface area contributed by atoms with E-state index in [1.807, 2.05) is 0 Å². The van der Waals surface area contributed by atoms with Gasteiger partial charge in [0.05, 0.1) is 0 Å². The fourth-order valence-corrected chi connectivity index (χ4v) is 4.01. The van der Waals surface area contributed by atoms with Crippen molar-refractivity contribution >= 4 is 0 Å². The monoisotopic (exact) mass is 222 g/mol. The number of hydrogen-bond donors (Lipinski definition) is 0. The van der Waals surface area contributed by atoms with Crippen LogP contribution in [0.5, 0.6) is 0 Å². The Hall–Kier alpha value is 0. The summed E-state index contributed by atoms with van der Waals surface area (Å²) in [7, 11) is 0. The zero-order valence-electron chi connectivity index (χ0n) is 11.4. The normalized spacial score (nSPS) is 42.4. The van der Waals surface area contributed by atoms with Crippen molar-refractivity contribution in [2.45, 2.75) is 78.1 Å². The average molecular weight is 222 g/mol. The molecule has 0 aromatic heterocycles. The second kappa shape index (κ2) is 6.07. The fourth-order valence-electron chi connectivity index (χ4n) is 4.01. The van der Waals surface area contributed by atoms with Gasteiger partial charge in [0.25, 0.3) is 0 Å². The summed E-state index contributed by atoms with van der Waals surface area (Å²) >= 11 is 0. The van der Waals surface area contributed by atoms with Gasteiger partial charge in [0.2, 0.25) is 0 Å². The summed E-state index contributed by atoms with van der Waals surface area (Å²) in [6.07, 6.45) is 15.2. The maximum absolute atomic E-state index is 2.50. The van der Waals surface area contributed by atoms with Crippen molar-refractivity contribution in [3.63, 3.8) is 0 Å². The van der Waals surface area contributed by atoms with Crippen molar-refractivity contribution in [1.82, 2.24) is 0 Å². The van der Waals surface area contributed by atoms with Crippen LogP contribution in [0.4, 0.5) is 0 Å². The molecule has 2 rings (SSSR count). The van der Waals surface area contributed by atoms with E-state index in [0.29, 0.717) is 0 Å². The molecule has 4 unspecified atom stereocenters. The van der Waals surface area contributed by atoms with Crippen molar-refractivity contribution in [1.29, 1.82) is 0 Å². The summed E-state index contributed by atoms with van der Waals surface area (Å²) in [5, 5.41) is 0. The maximum Gasteiger partial charge on any atom is -0.0383 e. The van der Waals surface area contributed by atoms with Gasteiger partial charge in [-0.25, -0.2) is 0 Å². The van der Waals surface area contributed by atoms with E-state index < -0.39 is 0 Å². The molecule has 0 radical (unpaired) electrons. The first-order valence-corrected chi connectivity index (χ1v) is 7.75.